The molecule has 0 aliphatic carbocycles. The lowest BCUT2D eigenvalue weighted by atomic mass is 10.1. The number of rotatable bonds is 4. The first-order chi connectivity index (χ1) is 9.38. The summed E-state index contributed by atoms with van der Waals surface area (Å²) in [6.45, 7) is 7.23. The molecule has 0 amide bonds. The quantitative estimate of drug-likeness (QED) is 0.927. The predicted molar refractivity (Wildman–Crippen MR) is 85.3 cm³/mol. The molecule has 108 valence electrons. The second-order valence-electron chi connectivity index (χ2n) is 6.23. The van der Waals surface area contributed by atoms with Gasteiger partial charge in [-0.05, 0) is 32.9 Å². The van der Waals surface area contributed by atoms with E-state index in [4.69, 9.17) is 0 Å². The number of hydrogen-bond acceptors (Lipinski definition) is 3. The summed E-state index contributed by atoms with van der Waals surface area (Å²) < 4.78 is 2.00. The van der Waals surface area contributed by atoms with E-state index in [9.17, 15) is 0 Å². The first-order valence-electron chi connectivity index (χ1n) is 6.92. The van der Waals surface area contributed by atoms with E-state index in [0.717, 1.165) is 12.2 Å². The number of benzene rings is 1. The highest BCUT2D eigenvalue weighted by Gasteiger charge is 2.13. The highest BCUT2D eigenvalue weighted by molar-refractivity contribution is 5.69. The number of aromatic nitrogens is 2. The largest absolute Gasteiger partial charge is 0.379 e. The van der Waals surface area contributed by atoms with Gasteiger partial charge in [-0.2, -0.15) is 5.10 Å². The van der Waals surface area contributed by atoms with Gasteiger partial charge in [-0.25, -0.2) is 0 Å². The summed E-state index contributed by atoms with van der Waals surface area (Å²) in [7, 11) is 4.11. The van der Waals surface area contributed by atoms with Gasteiger partial charge in [0.1, 0.15) is 0 Å². The normalized spacial score (nSPS) is 11.4. The van der Waals surface area contributed by atoms with Crippen molar-refractivity contribution >= 4 is 11.4 Å². The molecule has 0 spiro atoms. The highest BCUT2D eigenvalue weighted by atomic mass is 15.3. The van der Waals surface area contributed by atoms with Crippen LogP contribution in [0.2, 0.25) is 0 Å². The van der Waals surface area contributed by atoms with Gasteiger partial charge < -0.3 is 10.2 Å². The van der Waals surface area contributed by atoms with Gasteiger partial charge in [-0.3, -0.25) is 4.68 Å². The summed E-state index contributed by atoms with van der Waals surface area (Å²) in [5.74, 6) is 0. The summed E-state index contributed by atoms with van der Waals surface area (Å²) in [6.07, 6.45) is 4.03. The molecule has 20 heavy (non-hydrogen) atoms. The molecule has 4 nitrogen and oxygen atoms in total. The van der Waals surface area contributed by atoms with E-state index in [-0.39, 0.29) is 5.54 Å². The van der Waals surface area contributed by atoms with Crippen molar-refractivity contribution in [2.45, 2.75) is 32.9 Å². The maximum atomic E-state index is 4.42. The Kier molecular flexibility index (Phi) is 4.02. The van der Waals surface area contributed by atoms with Crippen molar-refractivity contribution < 1.29 is 0 Å². The highest BCUT2D eigenvalue weighted by Crippen LogP contribution is 2.24. The lowest BCUT2D eigenvalue weighted by Crippen LogP contribution is -2.22. The van der Waals surface area contributed by atoms with Gasteiger partial charge in [-0.1, -0.05) is 12.1 Å². The first kappa shape index (κ1) is 14.4. The number of nitrogens with zero attached hydrogens (tertiary/aromatic N) is 3. The fourth-order valence-electron chi connectivity index (χ4n) is 2.03. The summed E-state index contributed by atoms with van der Waals surface area (Å²) in [5.41, 5.74) is 3.55. The van der Waals surface area contributed by atoms with Crippen molar-refractivity contribution in [3.05, 3.63) is 42.2 Å². The SMILES string of the molecule is CN(C)c1ccccc1NCc1cnn(C(C)(C)C)c1. The van der Waals surface area contributed by atoms with Crippen molar-refractivity contribution in [3.8, 4) is 0 Å². The molecular formula is C16H24N4. The Hall–Kier alpha value is -1.97. The summed E-state index contributed by atoms with van der Waals surface area (Å²) >= 11 is 0. The van der Waals surface area contributed by atoms with E-state index in [2.05, 4.69) is 74.6 Å². The molecule has 1 N–H and O–H groups in total. The number of hydrogen-bond donors (Lipinski definition) is 1. The first-order valence-corrected chi connectivity index (χ1v) is 6.92. The summed E-state index contributed by atoms with van der Waals surface area (Å²) in [6, 6.07) is 8.32. The Morgan fingerprint density at radius 2 is 1.90 bits per heavy atom. The minimum absolute atomic E-state index is 0.0276. The maximum absolute atomic E-state index is 4.42. The van der Waals surface area contributed by atoms with E-state index in [1.165, 1.54) is 11.3 Å². The van der Waals surface area contributed by atoms with Crippen LogP contribution in [0.3, 0.4) is 0 Å². The third-order valence-corrected chi connectivity index (χ3v) is 3.19. The van der Waals surface area contributed by atoms with Gasteiger partial charge in [0.25, 0.3) is 0 Å². The molecule has 1 aromatic carbocycles. The third-order valence-electron chi connectivity index (χ3n) is 3.19. The van der Waals surface area contributed by atoms with Crippen molar-refractivity contribution in [1.82, 2.24) is 9.78 Å². The third kappa shape index (κ3) is 3.32. The van der Waals surface area contributed by atoms with Crippen LogP contribution < -0.4 is 10.2 Å². The number of anilines is 2. The van der Waals surface area contributed by atoms with Crippen LogP contribution in [0, 0.1) is 0 Å². The molecule has 4 heteroatoms. The summed E-state index contributed by atoms with van der Waals surface area (Å²) in [4.78, 5) is 2.11. The zero-order valence-corrected chi connectivity index (χ0v) is 13.0. The van der Waals surface area contributed by atoms with Gasteiger partial charge in [-0.15, -0.1) is 0 Å². The lowest BCUT2D eigenvalue weighted by molar-refractivity contribution is 0.355. The van der Waals surface area contributed by atoms with Crippen molar-refractivity contribution in [2.75, 3.05) is 24.3 Å². The van der Waals surface area contributed by atoms with E-state index in [1.54, 1.807) is 0 Å². The van der Waals surface area contributed by atoms with Crippen LogP contribution in [-0.2, 0) is 12.1 Å². The zero-order chi connectivity index (χ0) is 14.8. The van der Waals surface area contributed by atoms with Crippen LogP contribution in [0.4, 0.5) is 11.4 Å². The van der Waals surface area contributed by atoms with Gasteiger partial charge in [0, 0.05) is 32.4 Å². The smallest absolute Gasteiger partial charge is 0.0596 e. The van der Waals surface area contributed by atoms with E-state index >= 15 is 0 Å². The van der Waals surface area contributed by atoms with E-state index < -0.39 is 0 Å². The molecule has 0 fully saturated rings. The molecule has 0 saturated carbocycles. The van der Waals surface area contributed by atoms with Crippen LogP contribution in [0.5, 0.6) is 0 Å². The maximum Gasteiger partial charge on any atom is 0.0596 e. The van der Waals surface area contributed by atoms with Crippen molar-refractivity contribution in [3.63, 3.8) is 0 Å². The zero-order valence-electron chi connectivity index (χ0n) is 13.0. The molecule has 0 radical (unpaired) electrons. The average Bonchev–Trinajstić information content (AvgIpc) is 2.85. The molecule has 0 aliphatic heterocycles. The lowest BCUT2D eigenvalue weighted by Gasteiger charge is -2.19. The predicted octanol–water partition coefficient (Wildman–Crippen LogP) is 3.32. The van der Waals surface area contributed by atoms with Gasteiger partial charge >= 0.3 is 0 Å². The minimum Gasteiger partial charge on any atom is -0.379 e. The topological polar surface area (TPSA) is 33.1 Å². The fraction of sp³-hybridized carbons (Fsp3) is 0.438. The van der Waals surface area contributed by atoms with Crippen LogP contribution >= 0.6 is 0 Å². The standard InChI is InChI=1S/C16H24N4/c1-16(2,3)20-12-13(11-18-20)10-17-14-8-6-7-9-15(14)19(4)5/h6-9,11-12,17H,10H2,1-5H3. The van der Waals surface area contributed by atoms with Crippen molar-refractivity contribution in [2.24, 2.45) is 0 Å². The number of para-hydroxylation sites is 2. The minimum atomic E-state index is 0.0276. The molecule has 0 bridgehead atoms. The van der Waals surface area contributed by atoms with Crippen LogP contribution in [0.1, 0.15) is 26.3 Å². The molecule has 0 saturated heterocycles. The molecule has 0 unspecified atom stereocenters. The molecule has 2 aromatic rings. The molecule has 0 atom stereocenters. The molecule has 1 aromatic heterocycles. The van der Waals surface area contributed by atoms with E-state index in [1.807, 2.05) is 16.9 Å². The monoisotopic (exact) mass is 272 g/mol. The second-order valence-corrected chi connectivity index (χ2v) is 6.23. The number of nitrogens with one attached hydrogen (secondary N) is 1. The average molecular weight is 272 g/mol. The Labute approximate surface area is 121 Å². The Balaban J connectivity index is 2.08. The molecule has 1 heterocycles. The van der Waals surface area contributed by atoms with Gasteiger partial charge in [0.05, 0.1) is 23.1 Å². The fourth-order valence-corrected chi connectivity index (χ4v) is 2.03. The summed E-state index contributed by atoms with van der Waals surface area (Å²) in [5, 5.41) is 7.90. The Morgan fingerprint density at radius 1 is 1.20 bits per heavy atom. The van der Waals surface area contributed by atoms with Crippen LogP contribution in [0.15, 0.2) is 36.7 Å². The van der Waals surface area contributed by atoms with Crippen LogP contribution in [0.25, 0.3) is 0 Å². The Bertz CT molecular complexity index is 564. The molecule has 0 aliphatic rings. The van der Waals surface area contributed by atoms with Crippen LogP contribution in [-0.4, -0.2) is 23.9 Å². The molecular weight excluding hydrogens is 248 g/mol. The second kappa shape index (κ2) is 5.57. The van der Waals surface area contributed by atoms with Crippen molar-refractivity contribution in [1.29, 1.82) is 0 Å². The van der Waals surface area contributed by atoms with Gasteiger partial charge in [0.15, 0.2) is 0 Å². The van der Waals surface area contributed by atoms with Gasteiger partial charge in [0.2, 0.25) is 0 Å². The van der Waals surface area contributed by atoms with E-state index in [0.29, 0.717) is 0 Å². The molecule has 2 rings (SSSR count). The Morgan fingerprint density at radius 3 is 2.50 bits per heavy atom.